The molecule has 2 aromatic heterocycles. The second-order valence-electron chi connectivity index (χ2n) is 8.61. The maximum Gasteiger partial charge on any atom is 0.435 e. The number of rotatable bonds is 6. The number of aromatic nitrogens is 3. The summed E-state index contributed by atoms with van der Waals surface area (Å²) in [5.74, 6) is -0.650. The van der Waals surface area contributed by atoms with Crippen LogP contribution in [0.5, 0.6) is 11.6 Å². The van der Waals surface area contributed by atoms with Crippen LogP contribution in [-0.2, 0) is 13.2 Å². The van der Waals surface area contributed by atoms with Gasteiger partial charge in [-0.3, -0.25) is 14.3 Å². The second-order valence-corrected chi connectivity index (χ2v) is 8.61. The number of carbonyl (C=O) groups is 2. The van der Waals surface area contributed by atoms with Gasteiger partial charge in [-0.1, -0.05) is 30.3 Å². The summed E-state index contributed by atoms with van der Waals surface area (Å²) in [5, 5.41) is 6.29. The van der Waals surface area contributed by atoms with Gasteiger partial charge in [0.15, 0.2) is 11.4 Å². The fourth-order valence-electron chi connectivity index (χ4n) is 4.44. The molecule has 1 N–H and O–H groups in total. The van der Waals surface area contributed by atoms with Crippen LogP contribution in [0.25, 0.3) is 0 Å². The van der Waals surface area contributed by atoms with E-state index in [2.05, 4.69) is 15.4 Å². The highest BCUT2D eigenvalue weighted by molar-refractivity contribution is 5.95. The number of halogens is 3. The maximum atomic E-state index is 13.3. The summed E-state index contributed by atoms with van der Waals surface area (Å²) in [4.78, 5) is 32.1. The predicted molar refractivity (Wildman–Crippen MR) is 127 cm³/mol. The number of hydrogen-bond acceptors (Lipinski definition) is 6. The molecule has 37 heavy (non-hydrogen) atoms. The molecule has 3 heterocycles. The molecule has 1 aliphatic heterocycles. The zero-order chi connectivity index (χ0) is 26.7. The molecule has 3 aromatic rings. The smallest absolute Gasteiger partial charge is 0.435 e. The van der Waals surface area contributed by atoms with Crippen LogP contribution in [0.2, 0.25) is 0 Å². The largest absolute Gasteiger partial charge is 0.491 e. The van der Waals surface area contributed by atoms with Gasteiger partial charge in [0.2, 0.25) is 0 Å². The molecular formula is C25H26F3N5O4. The van der Waals surface area contributed by atoms with Gasteiger partial charge in [-0.25, -0.2) is 4.98 Å². The number of pyridine rings is 1. The Bertz CT molecular complexity index is 1280. The van der Waals surface area contributed by atoms with Gasteiger partial charge in [0, 0.05) is 50.4 Å². The van der Waals surface area contributed by atoms with Crippen molar-refractivity contribution in [2.75, 3.05) is 27.3 Å². The van der Waals surface area contributed by atoms with Crippen molar-refractivity contribution in [3.63, 3.8) is 0 Å². The summed E-state index contributed by atoms with van der Waals surface area (Å²) in [6, 6.07) is 11.2. The van der Waals surface area contributed by atoms with Gasteiger partial charge in [-0.2, -0.15) is 18.3 Å². The van der Waals surface area contributed by atoms with E-state index in [0.29, 0.717) is 24.3 Å². The van der Waals surface area contributed by atoms with E-state index >= 15 is 0 Å². The number of nitrogens with one attached hydrogen (secondary N) is 1. The lowest BCUT2D eigenvalue weighted by Crippen LogP contribution is -2.51. The first-order valence-electron chi connectivity index (χ1n) is 11.5. The lowest BCUT2D eigenvalue weighted by molar-refractivity contribution is -0.141. The van der Waals surface area contributed by atoms with Crippen molar-refractivity contribution < 1.29 is 32.2 Å². The molecule has 2 atom stereocenters. The minimum absolute atomic E-state index is 0.200. The number of carbonyl (C=O) groups excluding carboxylic acids is 2. The summed E-state index contributed by atoms with van der Waals surface area (Å²) < 4.78 is 50.5. The molecule has 1 saturated heterocycles. The molecule has 0 radical (unpaired) electrons. The van der Waals surface area contributed by atoms with Crippen molar-refractivity contribution in [2.24, 2.45) is 7.05 Å². The monoisotopic (exact) mass is 517 g/mol. The summed E-state index contributed by atoms with van der Waals surface area (Å²) >= 11 is 0. The highest BCUT2D eigenvalue weighted by Gasteiger charge is 2.37. The van der Waals surface area contributed by atoms with Crippen LogP contribution in [-0.4, -0.2) is 64.8 Å². The number of aryl methyl sites for hydroxylation is 1. The first-order chi connectivity index (χ1) is 17.6. The normalized spacial score (nSPS) is 17.8. The van der Waals surface area contributed by atoms with E-state index in [0.717, 1.165) is 16.3 Å². The number of nitrogens with zero attached hydrogens (tertiary/aromatic N) is 4. The Morgan fingerprint density at radius 1 is 1.11 bits per heavy atom. The fourth-order valence-corrected chi connectivity index (χ4v) is 4.44. The Hall–Kier alpha value is -4.09. The lowest BCUT2D eigenvalue weighted by Gasteiger charge is -2.39. The quantitative estimate of drug-likeness (QED) is 0.539. The summed E-state index contributed by atoms with van der Waals surface area (Å²) in [6.45, 7) is 0.599. The molecule has 0 aliphatic carbocycles. The van der Waals surface area contributed by atoms with Crippen LogP contribution in [0.4, 0.5) is 13.2 Å². The molecule has 1 aromatic carbocycles. The topological polar surface area (TPSA) is 98.6 Å². The molecule has 0 spiro atoms. The molecule has 1 aliphatic rings. The van der Waals surface area contributed by atoms with E-state index in [1.165, 1.54) is 27.5 Å². The van der Waals surface area contributed by atoms with Gasteiger partial charge in [0.1, 0.15) is 5.69 Å². The van der Waals surface area contributed by atoms with Crippen molar-refractivity contribution >= 4 is 11.8 Å². The van der Waals surface area contributed by atoms with Crippen molar-refractivity contribution in [1.29, 1.82) is 0 Å². The Morgan fingerprint density at radius 2 is 1.84 bits per heavy atom. The van der Waals surface area contributed by atoms with Crippen LogP contribution in [0, 0.1) is 0 Å². The average Bonchev–Trinajstić information content (AvgIpc) is 3.31. The number of piperidine rings is 1. The number of alkyl halides is 3. The van der Waals surface area contributed by atoms with E-state index in [4.69, 9.17) is 9.47 Å². The third kappa shape index (κ3) is 5.52. The van der Waals surface area contributed by atoms with Crippen molar-refractivity contribution in [3.05, 3.63) is 71.2 Å². The SMILES string of the molecule is COc1cc(C(=O)N2CC[C@H](NC(=O)c3cc(C(F)(F)F)nn3C)[C@@H](c3ccccc3)C2)cnc1OC. The Morgan fingerprint density at radius 3 is 2.46 bits per heavy atom. The van der Waals surface area contributed by atoms with Gasteiger partial charge in [0.05, 0.1) is 19.8 Å². The average molecular weight is 518 g/mol. The summed E-state index contributed by atoms with van der Waals surface area (Å²) in [5.41, 5.74) is -0.129. The van der Waals surface area contributed by atoms with E-state index in [9.17, 15) is 22.8 Å². The second kappa shape index (κ2) is 10.5. The van der Waals surface area contributed by atoms with Gasteiger partial charge >= 0.3 is 6.18 Å². The first kappa shape index (κ1) is 26.0. The number of methoxy groups -OCH3 is 2. The zero-order valence-corrected chi connectivity index (χ0v) is 20.5. The van der Waals surface area contributed by atoms with Crippen molar-refractivity contribution in [2.45, 2.75) is 24.6 Å². The third-order valence-electron chi connectivity index (χ3n) is 6.33. The molecule has 0 unspecified atom stereocenters. The van der Waals surface area contributed by atoms with E-state index in [-0.39, 0.29) is 29.9 Å². The highest BCUT2D eigenvalue weighted by Crippen LogP contribution is 2.31. The Kier molecular flexibility index (Phi) is 7.37. The molecule has 4 rings (SSSR count). The number of likely N-dealkylation sites (tertiary alicyclic amines) is 1. The molecular weight excluding hydrogens is 491 g/mol. The van der Waals surface area contributed by atoms with Crippen molar-refractivity contribution in [1.82, 2.24) is 25.0 Å². The number of hydrogen-bond donors (Lipinski definition) is 1. The van der Waals surface area contributed by atoms with Gasteiger partial charge in [-0.05, 0) is 12.0 Å². The molecule has 9 nitrogen and oxygen atoms in total. The highest BCUT2D eigenvalue weighted by atomic mass is 19.4. The standard InChI is InChI=1S/C25H26F3N5O4/c1-32-19(12-21(31-32)25(26,27)28)22(34)30-18-9-10-33(14-17(18)15-7-5-4-6-8-15)24(35)16-11-20(36-2)23(37-3)29-13-16/h4-8,11-13,17-18H,9-10,14H2,1-3H3,(H,30,34)/t17-,18+/m1/s1. The van der Waals surface area contributed by atoms with Gasteiger partial charge in [0.25, 0.3) is 17.7 Å². The predicted octanol–water partition coefficient (Wildman–Crippen LogP) is 3.28. The lowest BCUT2D eigenvalue weighted by atomic mass is 9.85. The molecule has 1 fully saturated rings. The number of benzene rings is 1. The van der Waals surface area contributed by atoms with Gasteiger partial charge < -0.3 is 19.7 Å². The van der Waals surface area contributed by atoms with E-state index < -0.39 is 23.8 Å². The van der Waals surface area contributed by atoms with Gasteiger partial charge in [-0.15, -0.1) is 0 Å². The summed E-state index contributed by atoms with van der Waals surface area (Å²) in [7, 11) is 4.19. The molecule has 0 saturated carbocycles. The maximum absolute atomic E-state index is 13.3. The molecule has 12 heteroatoms. The zero-order valence-electron chi connectivity index (χ0n) is 20.5. The van der Waals surface area contributed by atoms with E-state index in [1.807, 2.05) is 30.3 Å². The Labute approximate surface area is 211 Å². The first-order valence-corrected chi connectivity index (χ1v) is 11.5. The molecule has 0 bridgehead atoms. The fraction of sp³-hybridized carbons (Fsp3) is 0.360. The number of amides is 2. The van der Waals surface area contributed by atoms with Crippen LogP contribution >= 0.6 is 0 Å². The third-order valence-corrected chi connectivity index (χ3v) is 6.33. The van der Waals surface area contributed by atoms with Crippen LogP contribution in [0.15, 0.2) is 48.7 Å². The minimum atomic E-state index is -4.66. The molecule has 196 valence electrons. The van der Waals surface area contributed by atoms with Crippen LogP contribution in [0.1, 0.15) is 44.4 Å². The minimum Gasteiger partial charge on any atom is -0.491 e. The summed E-state index contributed by atoms with van der Waals surface area (Å²) in [6.07, 6.45) is -2.86. The molecule has 2 amide bonds. The van der Waals surface area contributed by atoms with Crippen LogP contribution < -0.4 is 14.8 Å². The number of ether oxygens (including phenoxy) is 2. The Balaban J connectivity index is 1.56. The van der Waals surface area contributed by atoms with Crippen molar-refractivity contribution in [3.8, 4) is 11.6 Å². The van der Waals surface area contributed by atoms with Crippen LogP contribution in [0.3, 0.4) is 0 Å². The van der Waals surface area contributed by atoms with E-state index in [1.54, 1.807) is 11.0 Å².